The molecule has 23 heavy (non-hydrogen) atoms. The van der Waals surface area contributed by atoms with Gasteiger partial charge in [-0.15, -0.1) is 0 Å². The number of aromatic nitrogens is 2. The van der Waals surface area contributed by atoms with Gasteiger partial charge in [-0.1, -0.05) is 6.92 Å². The Morgan fingerprint density at radius 1 is 1.04 bits per heavy atom. The van der Waals surface area contributed by atoms with Crippen molar-refractivity contribution in [1.82, 2.24) is 14.9 Å². The standard InChI is InChI=1S/C18H26N4O/c1-4-5-16-6-7-17(23-16)12-21-8-10-22(11-9-21)18-14(2)15(3)19-13-20-18/h6-7,13H,4-5,8-12H2,1-3H3. The number of hydrogen-bond acceptors (Lipinski definition) is 5. The number of hydrogen-bond donors (Lipinski definition) is 0. The highest BCUT2D eigenvalue weighted by atomic mass is 16.3. The number of furan rings is 1. The van der Waals surface area contributed by atoms with E-state index in [0.29, 0.717) is 0 Å². The zero-order valence-electron chi connectivity index (χ0n) is 14.4. The summed E-state index contributed by atoms with van der Waals surface area (Å²) in [5.74, 6) is 3.27. The van der Waals surface area contributed by atoms with Crippen LogP contribution in [-0.4, -0.2) is 41.0 Å². The summed E-state index contributed by atoms with van der Waals surface area (Å²) in [6, 6.07) is 4.23. The zero-order valence-corrected chi connectivity index (χ0v) is 14.4. The average Bonchev–Trinajstić information content (AvgIpc) is 2.99. The van der Waals surface area contributed by atoms with Crippen LogP contribution in [0.5, 0.6) is 0 Å². The van der Waals surface area contributed by atoms with Gasteiger partial charge in [-0.05, 0) is 32.4 Å². The number of rotatable bonds is 5. The minimum absolute atomic E-state index is 0.902. The van der Waals surface area contributed by atoms with Crippen LogP contribution in [-0.2, 0) is 13.0 Å². The van der Waals surface area contributed by atoms with Crippen molar-refractivity contribution in [2.45, 2.75) is 40.2 Å². The van der Waals surface area contributed by atoms with E-state index in [-0.39, 0.29) is 0 Å². The maximum absolute atomic E-state index is 5.90. The van der Waals surface area contributed by atoms with Gasteiger partial charge in [0.05, 0.1) is 6.54 Å². The van der Waals surface area contributed by atoms with Crippen molar-refractivity contribution < 1.29 is 4.42 Å². The van der Waals surface area contributed by atoms with Crippen LogP contribution in [0.25, 0.3) is 0 Å². The second kappa shape index (κ2) is 7.13. The zero-order chi connectivity index (χ0) is 16.2. The molecule has 3 rings (SSSR count). The Labute approximate surface area is 138 Å². The summed E-state index contributed by atoms with van der Waals surface area (Å²) in [5, 5.41) is 0. The molecule has 0 saturated carbocycles. The van der Waals surface area contributed by atoms with E-state index in [0.717, 1.165) is 68.6 Å². The Bertz CT molecular complexity index is 644. The molecule has 0 amide bonds. The fourth-order valence-electron chi connectivity index (χ4n) is 3.07. The van der Waals surface area contributed by atoms with E-state index in [1.54, 1.807) is 6.33 Å². The largest absolute Gasteiger partial charge is 0.465 e. The first-order valence-electron chi connectivity index (χ1n) is 8.50. The second-order valence-electron chi connectivity index (χ2n) is 6.29. The van der Waals surface area contributed by atoms with E-state index in [1.807, 2.05) is 6.92 Å². The van der Waals surface area contributed by atoms with Gasteiger partial charge in [-0.3, -0.25) is 4.90 Å². The minimum Gasteiger partial charge on any atom is -0.465 e. The number of anilines is 1. The summed E-state index contributed by atoms with van der Waals surface area (Å²) in [4.78, 5) is 13.6. The molecule has 2 aromatic heterocycles. The maximum Gasteiger partial charge on any atom is 0.135 e. The van der Waals surface area contributed by atoms with Crippen LogP contribution in [0.15, 0.2) is 22.9 Å². The van der Waals surface area contributed by atoms with Gasteiger partial charge in [0.2, 0.25) is 0 Å². The molecular formula is C18H26N4O. The van der Waals surface area contributed by atoms with Crippen LogP contribution in [0.3, 0.4) is 0 Å². The molecule has 3 heterocycles. The lowest BCUT2D eigenvalue weighted by Gasteiger charge is -2.35. The van der Waals surface area contributed by atoms with E-state index in [2.05, 4.69) is 45.7 Å². The Kier molecular flexibility index (Phi) is 4.96. The summed E-state index contributed by atoms with van der Waals surface area (Å²) in [5.41, 5.74) is 2.26. The molecule has 0 bridgehead atoms. The van der Waals surface area contributed by atoms with Gasteiger partial charge in [-0.25, -0.2) is 9.97 Å². The third kappa shape index (κ3) is 3.72. The van der Waals surface area contributed by atoms with Crippen molar-refractivity contribution in [2.24, 2.45) is 0 Å². The lowest BCUT2D eigenvalue weighted by molar-refractivity contribution is 0.228. The van der Waals surface area contributed by atoms with Crippen molar-refractivity contribution in [1.29, 1.82) is 0 Å². The first-order chi connectivity index (χ1) is 11.2. The van der Waals surface area contributed by atoms with Gasteiger partial charge in [0.15, 0.2) is 0 Å². The monoisotopic (exact) mass is 314 g/mol. The van der Waals surface area contributed by atoms with Crippen molar-refractivity contribution in [3.8, 4) is 0 Å². The molecular weight excluding hydrogens is 288 g/mol. The highest BCUT2D eigenvalue weighted by molar-refractivity contribution is 5.47. The molecule has 0 spiro atoms. The molecule has 1 fully saturated rings. The van der Waals surface area contributed by atoms with Gasteiger partial charge in [-0.2, -0.15) is 0 Å². The van der Waals surface area contributed by atoms with Gasteiger partial charge in [0.1, 0.15) is 23.7 Å². The molecule has 0 N–H and O–H groups in total. The van der Waals surface area contributed by atoms with Crippen molar-refractivity contribution in [3.05, 3.63) is 41.2 Å². The first-order valence-corrected chi connectivity index (χ1v) is 8.50. The molecule has 0 unspecified atom stereocenters. The molecule has 2 aromatic rings. The van der Waals surface area contributed by atoms with Crippen molar-refractivity contribution in [3.63, 3.8) is 0 Å². The van der Waals surface area contributed by atoms with Crippen molar-refractivity contribution >= 4 is 5.82 Å². The Morgan fingerprint density at radius 2 is 1.78 bits per heavy atom. The third-order valence-electron chi connectivity index (χ3n) is 4.57. The van der Waals surface area contributed by atoms with Crippen LogP contribution in [0.1, 0.15) is 36.1 Å². The predicted molar refractivity (Wildman–Crippen MR) is 91.7 cm³/mol. The average molecular weight is 314 g/mol. The van der Waals surface area contributed by atoms with Gasteiger partial charge >= 0.3 is 0 Å². The summed E-state index contributed by atoms with van der Waals surface area (Å²) >= 11 is 0. The van der Waals surface area contributed by atoms with E-state index in [1.165, 1.54) is 5.56 Å². The normalized spacial score (nSPS) is 16.0. The van der Waals surface area contributed by atoms with Crippen LogP contribution >= 0.6 is 0 Å². The molecule has 0 atom stereocenters. The molecule has 1 aliphatic rings. The van der Waals surface area contributed by atoms with Crippen LogP contribution in [0, 0.1) is 13.8 Å². The first kappa shape index (κ1) is 16.0. The second-order valence-corrected chi connectivity index (χ2v) is 6.29. The lowest BCUT2D eigenvalue weighted by atomic mass is 10.2. The minimum atomic E-state index is 0.902. The number of nitrogens with zero attached hydrogens (tertiary/aromatic N) is 4. The SMILES string of the molecule is CCCc1ccc(CN2CCN(c3ncnc(C)c3C)CC2)o1. The quantitative estimate of drug-likeness (QED) is 0.849. The Morgan fingerprint density at radius 3 is 2.52 bits per heavy atom. The summed E-state index contributed by atoms with van der Waals surface area (Å²) in [6.07, 6.45) is 3.82. The highest BCUT2D eigenvalue weighted by Gasteiger charge is 2.20. The molecule has 5 nitrogen and oxygen atoms in total. The third-order valence-corrected chi connectivity index (χ3v) is 4.57. The van der Waals surface area contributed by atoms with Crippen LogP contribution in [0.4, 0.5) is 5.82 Å². The Hall–Kier alpha value is -1.88. The van der Waals surface area contributed by atoms with E-state index < -0.39 is 0 Å². The van der Waals surface area contributed by atoms with E-state index >= 15 is 0 Å². The summed E-state index contributed by atoms with van der Waals surface area (Å²) < 4.78 is 5.90. The van der Waals surface area contributed by atoms with E-state index in [4.69, 9.17) is 4.42 Å². The van der Waals surface area contributed by atoms with Gasteiger partial charge in [0, 0.05) is 43.9 Å². The molecule has 5 heteroatoms. The van der Waals surface area contributed by atoms with Gasteiger partial charge in [0.25, 0.3) is 0 Å². The van der Waals surface area contributed by atoms with Crippen LogP contribution in [0.2, 0.25) is 0 Å². The Balaban J connectivity index is 1.56. The fourth-order valence-corrected chi connectivity index (χ4v) is 3.07. The molecule has 0 aliphatic carbocycles. The fraction of sp³-hybridized carbons (Fsp3) is 0.556. The lowest BCUT2D eigenvalue weighted by Crippen LogP contribution is -2.46. The topological polar surface area (TPSA) is 45.4 Å². The maximum atomic E-state index is 5.90. The summed E-state index contributed by atoms with van der Waals surface area (Å²) in [6.45, 7) is 11.3. The molecule has 124 valence electrons. The number of aryl methyl sites for hydroxylation is 2. The highest BCUT2D eigenvalue weighted by Crippen LogP contribution is 2.20. The smallest absolute Gasteiger partial charge is 0.135 e. The molecule has 1 saturated heterocycles. The van der Waals surface area contributed by atoms with Crippen LogP contribution < -0.4 is 4.90 Å². The predicted octanol–water partition coefficient (Wildman–Crippen LogP) is 2.96. The van der Waals surface area contributed by atoms with E-state index in [9.17, 15) is 0 Å². The molecule has 1 aliphatic heterocycles. The van der Waals surface area contributed by atoms with Crippen molar-refractivity contribution in [2.75, 3.05) is 31.1 Å². The number of piperazine rings is 1. The molecule has 0 aromatic carbocycles. The van der Waals surface area contributed by atoms with Gasteiger partial charge < -0.3 is 9.32 Å². The molecule has 0 radical (unpaired) electrons. The summed E-state index contributed by atoms with van der Waals surface area (Å²) in [7, 11) is 0.